The van der Waals surface area contributed by atoms with E-state index in [1.54, 1.807) is 0 Å². The van der Waals surface area contributed by atoms with Gasteiger partial charge in [-0.05, 0) is 32.2 Å². The van der Waals surface area contributed by atoms with E-state index in [2.05, 4.69) is 25.6 Å². The van der Waals surface area contributed by atoms with Crippen molar-refractivity contribution >= 4 is 15.9 Å². The van der Waals surface area contributed by atoms with Crippen LogP contribution < -0.4 is 0 Å². The zero-order chi connectivity index (χ0) is 13.4. The lowest BCUT2D eigenvalue weighted by Gasteiger charge is -2.35. The fraction of sp³-hybridized carbons (Fsp3) is 1.00. The highest BCUT2D eigenvalue weighted by atomic mass is 79.9. The molecule has 1 aliphatic heterocycles. The van der Waals surface area contributed by atoms with Gasteiger partial charge >= 0.3 is 6.18 Å². The Kier molecular flexibility index (Phi) is 7.56. The van der Waals surface area contributed by atoms with Crippen LogP contribution in [0.25, 0.3) is 0 Å². The van der Waals surface area contributed by atoms with Crippen LogP contribution >= 0.6 is 15.9 Å². The van der Waals surface area contributed by atoms with E-state index in [1.165, 1.54) is 19.3 Å². The molecule has 1 fully saturated rings. The molecule has 0 amide bonds. The molecular formula is C12H21BrF3NO. The molecule has 0 aromatic heterocycles. The van der Waals surface area contributed by atoms with Crippen LogP contribution in [0.1, 0.15) is 32.1 Å². The van der Waals surface area contributed by atoms with E-state index < -0.39 is 12.8 Å². The molecule has 0 spiro atoms. The molecule has 1 saturated heterocycles. The lowest BCUT2D eigenvalue weighted by atomic mass is 10.00. The summed E-state index contributed by atoms with van der Waals surface area (Å²) in [6.45, 7) is 0.974. The molecule has 1 aliphatic rings. The second kappa shape index (κ2) is 8.38. The zero-order valence-corrected chi connectivity index (χ0v) is 12.1. The molecule has 0 N–H and O–H groups in total. The fourth-order valence-electron chi connectivity index (χ4n) is 2.36. The van der Waals surface area contributed by atoms with Crippen molar-refractivity contribution in [3.05, 3.63) is 0 Å². The van der Waals surface area contributed by atoms with Crippen LogP contribution in [0.4, 0.5) is 13.2 Å². The monoisotopic (exact) mass is 331 g/mol. The highest BCUT2D eigenvalue weighted by Crippen LogP contribution is 2.20. The SMILES string of the molecule is FC(F)(F)COCCCN1CCCCC1CCBr. The topological polar surface area (TPSA) is 12.5 Å². The summed E-state index contributed by atoms with van der Waals surface area (Å²) in [7, 11) is 0. The van der Waals surface area contributed by atoms with Crippen LogP contribution in [0.5, 0.6) is 0 Å². The molecule has 6 heteroatoms. The van der Waals surface area contributed by atoms with Crippen molar-refractivity contribution < 1.29 is 17.9 Å². The Bertz CT molecular complexity index is 224. The van der Waals surface area contributed by atoms with Crippen LogP contribution in [-0.4, -0.2) is 48.8 Å². The number of piperidine rings is 1. The average Bonchev–Trinajstić information content (AvgIpc) is 2.29. The largest absolute Gasteiger partial charge is 0.411 e. The van der Waals surface area contributed by atoms with Crippen LogP contribution in [0, 0.1) is 0 Å². The zero-order valence-electron chi connectivity index (χ0n) is 10.5. The summed E-state index contributed by atoms with van der Waals surface area (Å²) in [4.78, 5) is 2.39. The Morgan fingerprint density at radius 2 is 2.06 bits per heavy atom. The van der Waals surface area contributed by atoms with E-state index in [9.17, 15) is 13.2 Å². The third kappa shape index (κ3) is 6.95. The number of halogens is 4. The van der Waals surface area contributed by atoms with Gasteiger partial charge in [0.15, 0.2) is 0 Å². The summed E-state index contributed by atoms with van der Waals surface area (Å²) >= 11 is 3.45. The predicted molar refractivity (Wildman–Crippen MR) is 69.1 cm³/mol. The lowest BCUT2D eigenvalue weighted by Crippen LogP contribution is -2.40. The highest BCUT2D eigenvalue weighted by Gasteiger charge is 2.27. The first-order valence-corrected chi connectivity index (χ1v) is 7.59. The maximum Gasteiger partial charge on any atom is 0.411 e. The number of nitrogens with zero attached hydrogens (tertiary/aromatic N) is 1. The second-order valence-corrected chi connectivity index (χ2v) is 5.48. The van der Waals surface area contributed by atoms with Gasteiger partial charge in [0.25, 0.3) is 0 Å². The predicted octanol–water partition coefficient (Wildman–Crippen LogP) is 3.59. The van der Waals surface area contributed by atoms with Gasteiger partial charge in [-0.3, -0.25) is 0 Å². The minimum absolute atomic E-state index is 0.192. The number of hydrogen-bond donors (Lipinski definition) is 0. The van der Waals surface area contributed by atoms with Crippen LogP contribution in [0.3, 0.4) is 0 Å². The summed E-state index contributed by atoms with van der Waals surface area (Å²) in [5.74, 6) is 0. The van der Waals surface area contributed by atoms with Crippen molar-refractivity contribution in [2.24, 2.45) is 0 Å². The molecule has 2 nitrogen and oxygen atoms in total. The molecule has 0 aromatic carbocycles. The van der Waals surface area contributed by atoms with Gasteiger partial charge in [-0.1, -0.05) is 22.4 Å². The standard InChI is InChI=1S/C12H21BrF3NO/c13-6-5-11-4-1-2-7-17(11)8-3-9-18-10-12(14,15)16/h11H,1-10H2. The van der Waals surface area contributed by atoms with Crippen molar-refractivity contribution in [2.45, 2.75) is 44.3 Å². The normalized spacial score (nSPS) is 22.3. The molecule has 108 valence electrons. The van der Waals surface area contributed by atoms with E-state index in [-0.39, 0.29) is 6.61 Å². The van der Waals surface area contributed by atoms with E-state index >= 15 is 0 Å². The molecule has 0 aliphatic carbocycles. The molecule has 0 saturated carbocycles. The second-order valence-electron chi connectivity index (χ2n) is 4.68. The Hall–Kier alpha value is 0.190. The van der Waals surface area contributed by atoms with E-state index in [1.807, 2.05) is 0 Å². The first kappa shape index (κ1) is 16.2. The first-order valence-electron chi connectivity index (χ1n) is 6.47. The average molecular weight is 332 g/mol. The van der Waals surface area contributed by atoms with Gasteiger partial charge in [0.05, 0.1) is 0 Å². The highest BCUT2D eigenvalue weighted by molar-refractivity contribution is 9.09. The fourth-order valence-corrected chi connectivity index (χ4v) is 2.89. The van der Waals surface area contributed by atoms with Crippen LogP contribution in [0.15, 0.2) is 0 Å². The van der Waals surface area contributed by atoms with Crippen LogP contribution in [0.2, 0.25) is 0 Å². The van der Waals surface area contributed by atoms with Gasteiger partial charge in [-0.25, -0.2) is 0 Å². The summed E-state index contributed by atoms with van der Waals surface area (Å²) in [5, 5.41) is 0.985. The lowest BCUT2D eigenvalue weighted by molar-refractivity contribution is -0.174. The third-order valence-electron chi connectivity index (χ3n) is 3.19. The van der Waals surface area contributed by atoms with Crippen molar-refractivity contribution in [1.82, 2.24) is 4.90 Å². The van der Waals surface area contributed by atoms with Crippen molar-refractivity contribution in [2.75, 3.05) is 31.6 Å². The summed E-state index contributed by atoms with van der Waals surface area (Å²) in [6.07, 6.45) is 1.25. The Morgan fingerprint density at radius 1 is 1.28 bits per heavy atom. The van der Waals surface area contributed by atoms with Crippen molar-refractivity contribution in [1.29, 1.82) is 0 Å². The maximum atomic E-state index is 11.9. The minimum Gasteiger partial charge on any atom is -0.372 e. The molecule has 18 heavy (non-hydrogen) atoms. The minimum atomic E-state index is -4.20. The maximum absolute atomic E-state index is 11.9. The van der Waals surface area contributed by atoms with Gasteiger partial charge in [-0.2, -0.15) is 13.2 Å². The molecule has 1 heterocycles. The molecule has 1 rings (SSSR count). The Balaban J connectivity index is 2.12. The van der Waals surface area contributed by atoms with Crippen molar-refractivity contribution in [3.8, 4) is 0 Å². The smallest absolute Gasteiger partial charge is 0.372 e. The molecule has 0 aromatic rings. The molecule has 1 unspecified atom stereocenters. The first-order chi connectivity index (χ1) is 8.53. The van der Waals surface area contributed by atoms with Gasteiger partial charge in [0.1, 0.15) is 6.61 Å². The Morgan fingerprint density at radius 3 is 2.72 bits per heavy atom. The number of hydrogen-bond acceptors (Lipinski definition) is 2. The molecule has 1 atom stereocenters. The Labute approximate surface area is 115 Å². The van der Waals surface area contributed by atoms with Gasteiger partial charge in [0.2, 0.25) is 0 Å². The summed E-state index contributed by atoms with van der Waals surface area (Å²) < 4.78 is 40.2. The number of likely N-dealkylation sites (tertiary alicyclic amines) is 1. The number of alkyl halides is 4. The number of rotatable bonds is 7. The summed E-state index contributed by atoms with van der Waals surface area (Å²) in [5.41, 5.74) is 0. The number of ether oxygens (including phenoxy) is 1. The molecule has 0 bridgehead atoms. The molecular weight excluding hydrogens is 311 g/mol. The van der Waals surface area contributed by atoms with Gasteiger partial charge in [-0.15, -0.1) is 0 Å². The van der Waals surface area contributed by atoms with E-state index in [0.29, 0.717) is 12.5 Å². The third-order valence-corrected chi connectivity index (χ3v) is 3.65. The quantitative estimate of drug-likeness (QED) is 0.522. The summed E-state index contributed by atoms with van der Waals surface area (Å²) in [6, 6.07) is 0.584. The van der Waals surface area contributed by atoms with Gasteiger partial charge < -0.3 is 9.64 Å². The molecule has 0 radical (unpaired) electrons. The van der Waals surface area contributed by atoms with Crippen LogP contribution in [-0.2, 0) is 4.74 Å². The van der Waals surface area contributed by atoms with Gasteiger partial charge in [0, 0.05) is 24.5 Å². The van der Waals surface area contributed by atoms with Crippen molar-refractivity contribution in [3.63, 3.8) is 0 Å². The van der Waals surface area contributed by atoms with E-state index in [0.717, 1.165) is 24.8 Å². The van der Waals surface area contributed by atoms with E-state index in [4.69, 9.17) is 0 Å².